The molecule has 0 aromatic heterocycles. The Morgan fingerprint density at radius 1 is 1.09 bits per heavy atom. The highest BCUT2D eigenvalue weighted by atomic mass is 127. The van der Waals surface area contributed by atoms with Crippen LogP contribution in [0.1, 0.15) is 31.2 Å². The molecule has 4 heteroatoms. The summed E-state index contributed by atoms with van der Waals surface area (Å²) in [5.41, 5.74) is 1.37. The van der Waals surface area contributed by atoms with Gasteiger partial charge in [-0.1, -0.05) is 30.3 Å². The lowest BCUT2D eigenvalue weighted by atomic mass is 9.98. The fourth-order valence-electron chi connectivity index (χ4n) is 3.17. The highest BCUT2D eigenvalue weighted by molar-refractivity contribution is 14.0. The number of hydrogen-bond donors (Lipinski definition) is 2. The van der Waals surface area contributed by atoms with Crippen molar-refractivity contribution in [3.63, 3.8) is 0 Å². The van der Waals surface area contributed by atoms with E-state index >= 15 is 0 Å². The Kier molecular flexibility index (Phi) is 6.99. The number of aliphatic imine (C=N–C) groups is 1. The van der Waals surface area contributed by atoms with Crippen molar-refractivity contribution < 1.29 is 0 Å². The van der Waals surface area contributed by atoms with E-state index in [1.165, 1.54) is 31.2 Å². The van der Waals surface area contributed by atoms with Gasteiger partial charge in [-0.05, 0) is 55.4 Å². The number of hydrogen-bond acceptors (Lipinski definition) is 1. The minimum atomic E-state index is 0. The van der Waals surface area contributed by atoms with E-state index in [0.29, 0.717) is 0 Å². The first-order valence-corrected chi connectivity index (χ1v) is 8.35. The summed E-state index contributed by atoms with van der Waals surface area (Å²) in [4.78, 5) is 4.35. The van der Waals surface area contributed by atoms with Crippen molar-refractivity contribution in [1.29, 1.82) is 0 Å². The predicted molar refractivity (Wildman–Crippen MR) is 104 cm³/mol. The van der Waals surface area contributed by atoms with Gasteiger partial charge in [0.15, 0.2) is 5.96 Å². The Bertz CT molecular complexity index is 454. The van der Waals surface area contributed by atoms with Crippen LogP contribution in [0.25, 0.3) is 0 Å². The standard InChI is InChI=1S/C18H27N3.HI/c1-19-18(20-12-11-14-5-3-2-4-6-14)21-13-17(15-7-8-15)16-9-10-16;/h2-6,15-17H,7-13H2,1H3,(H2,19,20,21);1H. The molecular weight excluding hydrogens is 385 g/mol. The lowest BCUT2D eigenvalue weighted by Crippen LogP contribution is -2.41. The molecule has 2 fully saturated rings. The molecule has 0 aliphatic heterocycles. The summed E-state index contributed by atoms with van der Waals surface area (Å²) in [6.07, 6.45) is 6.83. The molecule has 0 unspecified atom stereocenters. The van der Waals surface area contributed by atoms with Crippen LogP contribution >= 0.6 is 24.0 Å². The topological polar surface area (TPSA) is 36.4 Å². The normalized spacial score (nSPS) is 18.0. The van der Waals surface area contributed by atoms with Crippen LogP contribution in [0.5, 0.6) is 0 Å². The summed E-state index contributed by atoms with van der Waals surface area (Å²) >= 11 is 0. The molecule has 0 amide bonds. The smallest absolute Gasteiger partial charge is 0.190 e. The quantitative estimate of drug-likeness (QED) is 0.408. The molecule has 2 saturated carbocycles. The largest absolute Gasteiger partial charge is 0.356 e. The average Bonchev–Trinajstić information content (AvgIpc) is 3.39. The molecule has 22 heavy (non-hydrogen) atoms. The summed E-state index contributed by atoms with van der Waals surface area (Å²) in [5.74, 6) is 3.83. The molecule has 1 aromatic carbocycles. The summed E-state index contributed by atoms with van der Waals surface area (Å²) in [6.45, 7) is 2.03. The number of rotatable bonds is 7. The Morgan fingerprint density at radius 3 is 2.27 bits per heavy atom. The van der Waals surface area contributed by atoms with Crippen LogP contribution in [-0.4, -0.2) is 26.1 Å². The van der Waals surface area contributed by atoms with Crippen molar-refractivity contribution in [3.8, 4) is 0 Å². The Balaban J connectivity index is 0.00000176. The number of nitrogens with zero attached hydrogens (tertiary/aromatic N) is 1. The first kappa shape index (κ1) is 17.6. The monoisotopic (exact) mass is 413 g/mol. The van der Waals surface area contributed by atoms with Gasteiger partial charge in [-0.3, -0.25) is 4.99 Å². The van der Waals surface area contributed by atoms with Crippen molar-refractivity contribution >= 4 is 29.9 Å². The molecule has 3 nitrogen and oxygen atoms in total. The van der Waals surface area contributed by atoms with Gasteiger partial charge >= 0.3 is 0 Å². The van der Waals surface area contributed by atoms with E-state index < -0.39 is 0 Å². The molecule has 122 valence electrons. The van der Waals surface area contributed by atoms with Gasteiger partial charge in [-0.15, -0.1) is 24.0 Å². The number of benzene rings is 1. The molecule has 0 atom stereocenters. The van der Waals surface area contributed by atoms with Gasteiger partial charge in [0.1, 0.15) is 0 Å². The zero-order chi connectivity index (χ0) is 14.5. The molecule has 0 heterocycles. The SMILES string of the molecule is CN=C(NCCc1ccccc1)NCC(C1CC1)C1CC1.I. The maximum absolute atomic E-state index is 4.35. The van der Waals surface area contributed by atoms with Gasteiger partial charge in [-0.25, -0.2) is 0 Å². The molecular formula is C18H28IN3. The van der Waals surface area contributed by atoms with Crippen LogP contribution in [0, 0.1) is 17.8 Å². The predicted octanol–water partition coefficient (Wildman–Crippen LogP) is 3.45. The van der Waals surface area contributed by atoms with Gasteiger partial charge in [0.2, 0.25) is 0 Å². The second-order valence-corrected chi connectivity index (χ2v) is 6.45. The third kappa shape index (κ3) is 5.45. The van der Waals surface area contributed by atoms with Crippen molar-refractivity contribution in [1.82, 2.24) is 10.6 Å². The highest BCUT2D eigenvalue weighted by Crippen LogP contribution is 2.48. The number of guanidine groups is 1. The molecule has 2 N–H and O–H groups in total. The number of halogens is 1. The van der Waals surface area contributed by atoms with Gasteiger partial charge in [0, 0.05) is 20.1 Å². The van der Waals surface area contributed by atoms with Crippen molar-refractivity contribution in [2.45, 2.75) is 32.1 Å². The van der Waals surface area contributed by atoms with Gasteiger partial charge < -0.3 is 10.6 Å². The third-order valence-corrected chi connectivity index (χ3v) is 4.73. The van der Waals surface area contributed by atoms with E-state index in [2.05, 4.69) is 46.0 Å². The summed E-state index contributed by atoms with van der Waals surface area (Å²) in [6, 6.07) is 10.6. The average molecular weight is 413 g/mol. The lowest BCUT2D eigenvalue weighted by molar-refractivity contribution is 0.400. The molecule has 0 radical (unpaired) electrons. The Morgan fingerprint density at radius 2 is 1.73 bits per heavy atom. The van der Waals surface area contributed by atoms with Crippen LogP contribution in [0.3, 0.4) is 0 Å². The minimum absolute atomic E-state index is 0. The lowest BCUT2D eigenvalue weighted by Gasteiger charge is -2.18. The van der Waals surface area contributed by atoms with Crippen LogP contribution in [0.15, 0.2) is 35.3 Å². The molecule has 0 bridgehead atoms. The zero-order valence-corrected chi connectivity index (χ0v) is 15.8. The van der Waals surface area contributed by atoms with E-state index in [1.807, 2.05) is 7.05 Å². The zero-order valence-electron chi connectivity index (χ0n) is 13.4. The molecule has 0 saturated heterocycles. The van der Waals surface area contributed by atoms with Crippen molar-refractivity contribution in [2.24, 2.45) is 22.7 Å². The fraction of sp³-hybridized carbons (Fsp3) is 0.611. The van der Waals surface area contributed by atoms with Crippen LogP contribution in [0.4, 0.5) is 0 Å². The molecule has 1 aromatic rings. The van der Waals surface area contributed by atoms with E-state index in [4.69, 9.17) is 0 Å². The molecule has 2 aliphatic carbocycles. The fourth-order valence-corrected chi connectivity index (χ4v) is 3.17. The third-order valence-electron chi connectivity index (χ3n) is 4.73. The van der Waals surface area contributed by atoms with Crippen LogP contribution in [-0.2, 0) is 6.42 Å². The van der Waals surface area contributed by atoms with Gasteiger partial charge in [-0.2, -0.15) is 0 Å². The van der Waals surface area contributed by atoms with E-state index in [0.717, 1.165) is 43.2 Å². The van der Waals surface area contributed by atoms with Crippen LogP contribution < -0.4 is 10.6 Å². The second kappa shape index (κ2) is 8.75. The van der Waals surface area contributed by atoms with E-state index in [-0.39, 0.29) is 24.0 Å². The first-order valence-electron chi connectivity index (χ1n) is 8.35. The van der Waals surface area contributed by atoms with E-state index in [1.54, 1.807) is 0 Å². The first-order chi connectivity index (χ1) is 10.4. The summed E-state index contributed by atoms with van der Waals surface area (Å²) in [5, 5.41) is 6.97. The van der Waals surface area contributed by atoms with Gasteiger partial charge in [0.25, 0.3) is 0 Å². The molecule has 3 rings (SSSR count). The maximum Gasteiger partial charge on any atom is 0.190 e. The summed E-state index contributed by atoms with van der Waals surface area (Å²) in [7, 11) is 1.86. The van der Waals surface area contributed by atoms with Crippen LogP contribution in [0.2, 0.25) is 0 Å². The highest BCUT2D eigenvalue weighted by Gasteiger charge is 2.41. The second-order valence-electron chi connectivity index (χ2n) is 6.45. The Hall–Kier alpha value is -0.780. The Labute approximate surface area is 151 Å². The number of nitrogens with one attached hydrogen (secondary N) is 2. The molecule has 2 aliphatic rings. The van der Waals surface area contributed by atoms with Crippen molar-refractivity contribution in [2.75, 3.05) is 20.1 Å². The van der Waals surface area contributed by atoms with Gasteiger partial charge in [0.05, 0.1) is 0 Å². The molecule has 0 spiro atoms. The maximum atomic E-state index is 4.35. The van der Waals surface area contributed by atoms with Crippen molar-refractivity contribution in [3.05, 3.63) is 35.9 Å². The summed E-state index contributed by atoms with van der Waals surface area (Å²) < 4.78 is 0. The minimum Gasteiger partial charge on any atom is -0.356 e. The van der Waals surface area contributed by atoms with E-state index in [9.17, 15) is 0 Å².